The zero-order chi connectivity index (χ0) is 17.7. The van der Waals surface area contributed by atoms with Gasteiger partial charge in [-0.3, -0.25) is 0 Å². The number of hydrogen-bond acceptors (Lipinski definition) is 6. The molecule has 2 N–H and O–H groups in total. The predicted molar refractivity (Wildman–Crippen MR) is 99.0 cm³/mol. The number of ether oxygens (including phenoxy) is 1. The van der Waals surface area contributed by atoms with Gasteiger partial charge >= 0.3 is 0 Å². The molecular formula is C19H28N6O. The Morgan fingerprint density at radius 1 is 1.27 bits per heavy atom. The summed E-state index contributed by atoms with van der Waals surface area (Å²) < 4.78 is 7.66. The molecule has 0 bridgehead atoms. The lowest BCUT2D eigenvalue weighted by atomic mass is 9.78. The summed E-state index contributed by atoms with van der Waals surface area (Å²) in [5.74, 6) is 3.20. The fraction of sp³-hybridized carbons (Fsp3) is 0.737. The number of fused-ring (bicyclic) bond motifs is 2. The highest BCUT2D eigenvalue weighted by atomic mass is 16.5. The van der Waals surface area contributed by atoms with E-state index in [9.17, 15) is 0 Å². The highest BCUT2D eigenvalue weighted by Crippen LogP contribution is 2.44. The second kappa shape index (κ2) is 6.16. The molecule has 140 valence electrons. The average molecular weight is 356 g/mol. The van der Waals surface area contributed by atoms with Gasteiger partial charge in [0.15, 0.2) is 5.65 Å². The highest BCUT2D eigenvalue weighted by Gasteiger charge is 2.47. The first-order valence-electron chi connectivity index (χ1n) is 9.88. The maximum Gasteiger partial charge on any atom is 0.177 e. The van der Waals surface area contributed by atoms with Gasteiger partial charge in [0.2, 0.25) is 0 Å². The van der Waals surface area contributed by atoms with Crippen LogP contribution in [0.2, 0.25) is 0 Å². The topological polar surface area (TPSA) is 76.4 Å². The molecule has 0 amide bonds. The molecule has 3 aliphatic rings. The van der Waals surface area contributed by atoms with Gasteiger partial charge in [-0.05, 0) is 76.0 Å². The second-order valence-electron chi connectivity index (χ2n) is 8.88. The fourth-order valence-electron chi connectivity index (χ4n) is 5.51. The van der Waals surface area contributed by atoms with Gasteiger partial charge in [0.05, 0.1) is 5.60 Å². The molecule has 0 unspecified atom stereocenters. The molecule has 7 nitrogen and oxygen atoms in total. The maximum absolute atomic E-state index is 5.93. The molecule has 2 saturated heterocycles. The van der Waals surface area contributed by atoms with Crippen LogP contribution in [0.25, 0.3) is 5.65 Å². The molecule has 5 atom stereocenters. The van der Waals surface area contributed by atoms with E-state index in [0.717, 1.165) is 48.8 Å². The molecule has 2 aliphatic heterocycles. The van der Waals surface area contributed by atoms with Crippen molar-refractivity contribution in [3.8, 4) is 0 Å². The summed E-state index contributed by atoms with van der Waals surface area (Å²) in [4.78, 5) is 0. The van der Waals surface area contributed by atoms with Crippen LogP contribution in [0.15, 0.2) is 18.5 Å². The van der Waals surface area contributed by atoms with Crippen LogP contribution in [0.1, 0.15) is 39.5 Å². The first kappa shape index (κ1) is 16.4. The normalized spacial score (nSPS) is 36.3. The molecule has 2 aromatic heterocycles. The van der Waals surface area contributed by atoms with E-state index in [4.69, 9.17) is 4.74 Å². The van der Waals surface area contributed by atoms with Crippen LogP contribution < -0.4 is 10.6 Å². The molecular weight excluding hydrogens is 328 g/mol. The zero-order valence-electron chi connectivity index (χ0n) is 15.6. The minimum Gasteiger partial charge on any atom is -0.376 e. The molecule has 26 heavy (non-hydrogen) atoms. The first-order valence-corrected chi connectivity index (χ1v) is 9.88. The van der Waals surface area contributed by atoms with E-state index >= 15 is 0 Å². The molecule has 2 aromatic rings. The number of anilines is 1. The van der Waals surface area contributed by atoms with Crippen LogP contribution in [0, 0.1) is 17.8 Å². The molecule has 7 heteroatoms. The molecule has 3 fully saturated rings. The fourth-order valence-corrected chi connectivity index (χ4v) is 5.51. The minimum atomic E-state index is 0.0249. The summed E-state index contributed by atoms with van der Waals surface area (Å²) in [6, 6.07) is 5.12. The van der Waals surface area contributed by atoms with Crippen molar-refractivity contribution < 1.29 is 4.74 Å². The van der Waals surface area contributed by atoms with E-state index in [-0.39, 0.29) is 5.60 Å². The average Bonchev–Trinajstić information content (AvgIpc) is 3.28. The van der Waals surface area contributed by atoms with Gasteiger partial charge < -0.3 is 15.4 Å². The van der Waals surface area contributed by atoms with Crippen LogP contribution in [-0.2, 0) is 4.74 Å². The van der Waals surface area contributed by atoms with E-state index in [1.54, 1.807) is 10.8 Å². The van der Waals surface area contributed by atoms with Crippen LogP contribution >= 0.6 is 0 Å². The maximum atomic E-state index is 5.93. The van der Waals surface area contributed by atoms with Crippen molar-refractivity contribution in [1.29, 1.82) is 0 Å². The standard InChI is InChI=1S/C19H28N6O/c1-19(2)9-12(5-6-26-19)18-15-8-14(7-13(15)10-20-18)22-16-3-4-17-23-21-11-25(17)24-16/h3-4,11-15,18,20H,5-10H2,1-2H3,(H,22,24)/t12-,13+,14-,15-,18-/m0/s1. The van der Waals surface area contributed by atoms with Crippen LogP contribution in [-0.4, -0.2) is 50.6 Å². The lowest BCUT2D eigenvalue weighted by Crippen LogP contribution is -2.44. The molecule has 4 heterocycles. The summed E-state index contributed by atoms with van der Waals surface area (Å²) in [7, 11) is 0. The molecule has 0 radical (unpaired) electrons. The van der Waals surface area contributed by atoms with E-state index in [0.29, 0.717) is 12.1 Å². The Bertz CT molecular complexity index is 789. The SMILES string of the molecule is CC1(C)C[C@@H]([C@@H]2NC[C@H]3C[C@H](Nc4ccc5nncn5n4)C[C@@H]32)CCO1. The van der Waals surface area contributed by atoms with Gasteiger partial charge in [-0.15, -0.1) is 15.3 Å². The number of hydrogen-bond donors (Lipinski definition) is 2. The third kappa shape index (κ3) is 2.97. The Morgan fingerprint density at radius 2 is 2.19 bits per heavy atom. The summed E-state index contributed by atoms with van der Waals surface area (Å²) in [5.41, 5.74) is 0.808. The quantitative estimate of drug-likeness (QED) is 0.877. The number of aromatic nitrogens is 4. The van der Waals surface area contributed by atoms with Crippen molar-refractivity contribution in [2.45, 2.75) is 57.2 Å². The number of nitrogens with one attached hydrogen (secondary N) is 2. The van der Waals surface area contributed by atoms with Gasteiger partial charge in [0.25, 0.3) is 0 Å². The van der Waals surface area contributed by atoms with Crippen LogP contribution in [0.4, 0.5) is 5.82 Å². The molecule has 5 rings (SSSR count). The molecule has 0 spiro atoms. The van der Waals surface area contributed by atoms with E-state index in [1.165, 1.54) is 19.3 Å². The smallest absolute Gasteiger partial charge is 0.177 e. The summed E-state index contributed by atoms with van der Waals surface area (Å²) in [5, 5.41) is 20.0. The predicted octanol–water partition coefficient (Wildman–Crippen LogP) is 2.11. The second-order valence-corrected chi connectivity index (χ2v) is 8.88. The van der Waals surface area contributed by atoms with Gasteiger partial charge in [-0.2, -0.15) is 4.52 Å². The van der Waals surface area contributed by atoms with Crippen molar-refractivity contribution in [2.75, 3.05) is 18.5 Å². The van der Waals surface area contributed by atoms with Crippen LogP contribution in [0.5, 0.6) is 0 Å². The summed E-state index contributed by atoms with van der Waals surface area (Å²) in [6.07, 6.45) is 6.45. The van der Waals surface area contributed by atoms with E-state index < -0.39 is 0 Å². The minimum absolute atomic E-state index is 0.0249. The number of rotatable bonds is 3. The zero-order valence-corrected chi connectivity index (χ0v) is 15.6. The molecule has 1 saturated carbocycles. The molecule has 1 aliphatic carbocycles. The Hall–Kier alpha value is -1.73. The Labute approximate surface area is 153 Å². The van der Waals surface area contributed by atoms with Gasteiger partial charge in [-0.1, -0.05) is 0 Å². The van der Waals surface area contributed by atoms with Crippen molar-refractivity contribution >= 4 is 11.5 Å². The Morgan fingerprint density at radius 3 is 3.08 bits per heavy atom. The Kier molecular flexibility index (Phi) is 3.90. The van der Waals surface area contributed by atoms with Crippen molar-refractivity contribution in [3.05, 3.63) is 18.5 Å². The van der Waals surface area contributed by atoms with E-state index in [1.807, 2.05) is 12.1 Å². The molecule has 0 aromatic carbocycles. The Balaban J connectivity index is 1.26. The van der Waals surface area contributed by atoms with Gasteiger partial charge in [0.1, 0.15) is 12.1 Å². The van der Waals surface area contributed by atoms with Crippen molar-refractivity contribution in [1.82, 2.24) is 25.1 Å². The summed E-state index contributed by atoms with van der Waals surface area (Å²) in [6.45, 7) is 6.52. The summed E-state index contributed by atoms with van der Waals surface area (Å²) >= 11 is 0. The largest absolute Gasteiger partial charge is 0.376 e. The van der Waals surface area contributed by atoms with E-state index in [2.05, 4.69) is 39.8 Å². The van der Waals surface area contributed by atoms with Crippen molar-refractivity contribution in [3.63, 3.8) is 0 Å². The first-order chi connectivity index (χ1) is 12.6. The monoisotopic (exact) mass is 356 g/mol. The lowest BCUT2D eigenvalue weighted by molar-refractivity contribution is -0.0799. The van der Waals surface area contributed by atoms with Gasteiger partial charge in [-0.25, -0.2) is 0 Å². The number of nitrogens with zero attached hydrogens (tertiary/aromatic N) is 4. The third-order valence-corrected chi connectivity index (χ3v) is 6.58. The third-order valence-electron chi connectivity index (χ3n) is 6.58. The van der Waals surface area contributed by atoms with Crippen molar-refractivity contribution in [2.24, 2.45) is 17.8 Å². The lowest BCUT2D eigenvalue weighted by Gasteiger charge is -2.40. The van der Waals surface area contributed by atoms with Gasteiger partial charge in [0, 0.05) is 18.7 Å². The van der Waals surface area contributed by atoms with Crippen LogP contribution in [0.3, 0.4) is 0 Å². The highest BCUT2D eigenvalue weighted by molar-refractivity contribution is 5.43.